The maximum Gasteiger partial charge on any atom is 0.133 e. The summed E-state index contributed by atoms with van der Waals surface area (Å²) < 4.78 is 13.5. The van der Waals surface area contributed by atoms with Crippen molar-refractivity contribution in [2.75, 3.05) is 0 Å². The molecule has 14 heavy (non-hydrogen) atoms. The summed E-state index contributed by atoms with van der Waals surface area (Å²) in [5.74, 6) is -0.337. The van der Waals surface area contributed by atoms with Crippen molar-refractivity contribution in [2.45, 2.75) is 13.8 Å². The molecule has 0 fully saturated rings. The van der Waals surface area contributed by atoms with Crippen molar-refractivity contribution in [3.63, 3.8) is 0 Å². The number of aryl methyl sites for hydroxylation is 1. The fourth-order valence-corrected chi connectivity index (χ4v) is 1.40. The van der Waals surface area contributed by atoms with Gasteiger partial charge in [0.25, 0.3) is 0 Å². The predicted molar refractivity (Wildman–Crippen MR) is 59.1 cm³/mol. The molecule has 1 rings (SSSR count). The van der Waals surface area contributed by atoms with Gasteiger partial charge in [0.2, 0.25) is 0 Å². The highest BCUT2D eigenvalue weighted by Crippen LogP contribution is 2.23. The minimum atomic E-state index is -0.337. The lowest BCUT2D eigenvalue weighted by Gasteiger charge is -2.09. The number of hydrogen-bond acceptors (Lipinski definition) is 1. The van der Waals surface area contributed by atoms with Crippen molar-refractivity contribution in [3.05, 3.63) is 47.8 Å². The van der Waals surface area contributed by atoms with Crippen LogP contribution < -0.4 is 5.73 Å². The smallest absolute Gasteiger partial charge is 0.133 e. The normalized spacial score (nSPS) is 9.93. The lowest BCUT2D eigenvalue weighted by Crippen LogP contribution is -2.01. The third kappa shape index (κ3) is 1.84. The standard InChI is InChI=1S/C12H14FN/c1-7(2)10-5-8(3)12(9(4)14)11(13)6-10/h5-6H,1,4,14H2,2-3H3. The second-order valence-corrected chi connectivity index (χ2v) is 3.46. The molecule has 1 aromatic rings. The van der Waals surface area contributed by atoms with Crippen LogP contribution in [-0.2, 0) is 0 Å². The molecule has 0 unspecified atom stereocenters. The van der Waals surface area contributed by atoms with Crippen LogP contribution in [0.1, 0.15) is 23.6 Å². The van der Waals surface area contributed by atoms with Crippen LogP contribution >= 0.6 is 0 Å². The molecule has 1 aromatic carbocycles. The monoisotopic (exact) mass is 191 g/mol. The molecule has 2 heteroatoms. The van der Waals surface area contributed by atoms with Gasteiger partial charge in [-0.15, -0.1) is 0 Å². The summed E-state index contributed by atoms with van der Waals surface area (Å²) >= 11 is 0. The van der Waals surface area contributed by atoms with Crippen molar-refractivity contribution < 1.29 is 4.39 Å². The van der Waals surface area contributed by atoms with Gasteiger partial charge in [-0.3, -0.25) is 0 Å². The van der Waals surface area contributed by atoms with Crippen molar-refractivity contribution in [1.82, 2.24) is 0 Å². The first-order chi connectivity index (χ1) is 6.43. The zero-order chi connectivity index (χ0) is 10.9. The van der Waals surface area contributed by atoms with Gasteiger partial charge in [0.15, 0.2) is 0 Å². The Morgan fingerprint density at radius 3 is 2.29 bits per heavy atom. The predicted octanol–water partition coefficient (Wildman–Crippen LogP) is 3.10. The minimum Gasteiger partial charge on any atom is -0.399 e. The van der Waals surface area contributed by atoms with Gasteiger partial charge >= 0.3 is 0 Å². The third-order valence-electron chi connectivity index (χ3n) is 2.10. The van der Waals surface area contributed by atoms with Crippen molar-refractivity contribution in [2.24, 2.45) is 5.73 Å². The molecule has 0 saturated heterocycles. The molecule has 0 bridgehead atoms. The first-order valence-electron chi connectivity index (χ1n) is 4.34. The van der Waals surface area contributed by atoms with Crippen LogP contribution in [0.25, 0.3) is 11.3 Å². The summed E-state index contributed by atoms with van der Waals surface area (Å²) in [7, 11) is 0. The van der Waals surface area contributed by atoms with Crippen LogP contribution in [0, 0.1) is 12.7 Å². The summed E-state index contributed by atoms with van der Waals surface area (Å²) in [6, 6.07) is 3.29. The lowest BCUT2D eigenvalue weighted by atomic mass is 9.99. The highest BCUT2D eigenvalue weighted by Gasteiger charge is 2.09. The quantitative estimate of drug-likeness (QED) is 0.763. The molecule has 0 saturated carbocycles. The van der Waals surface area contributed by atoms with Gasteiger partial charge in [0.05, 0.1) is 0 Å². The molecule has 74 valence electrons. The molecule has 1 nitrogen and oxygen atoms in total. The molecule has 0 aliphatic carbocycles. The highest BCUT2D eigenvalue weighted by molar-refractivity contribution is 5.69. The summed E-state index contributed by atoms with van der Waals surface area (Å²) in [6.45, 7) is 10.9. The second-order valence-electron chi connectivity index (χ2n) is 3.46. The molecule has 0 radical (unpaired) electrons. The maximum atomic E-state index is 13.5. The largest absolute Gasteiger partial charge is 0.399 e. The van der Waals surface area contributed by atoms with Crippen molar-refractivity contribution in [1.29, 1.82) is 0 Å². The van der Waals surface area contributed by atoms with E-state index >= 15 is 0 Å². The van der Waals surface area contributed by atoms with Gasteiger partial charge in [-0.2, -0.15) is 0 Å². The van der Waals surface area contributed by atoms with Gasteiger partial charge < -0.3 is 5.73 Å². The van der Waals surface area contributed by atoms with E-state index in [-0.39, 0.29) is 11.5 Å². The Bertz CT molecular complexity index is 382. The average molecular weight is 191 g/mol. The van der Waals surface area contributed by atoms with E-state index in [4.69, 9.17) is 5.73 Å². The highest BCUT2D eigenvalue weighted by atomic mass is 19.1. The minimum absolute atomic E-state index is 0.258. The van der Waals surface area contributed by atoms with E-state index in [0.29, 0.717) is 5.56 Å². The molecular weight excluding hydrogens is 177 g/mol. The van der Waals surface area contributed by atoms with Gasteiger partial charge in [0, 0.05) is 11.3 Å². The molecular formula is C12H14FN. The van der Waals surface area contributed by atoms with Crippen LogP contribution in [-0.4, -0.2) is 0 Å². The Morgan fingerprint density at radius 2 is 1.93 bits per heavy atom. The maximum absolute atomic E-state index is 13.5. The fourth-order valence-electron chi connectivity index (χ4n) is 1.40. The Balaban J connectivity index is 3.39. The molecule has 0 atom stereocenters. The van der Waals surface area contributed by atoms with Gasteiger partial charge in [-0.1, -0.05) is 24.8 Å². The van der Waals surface area contributed by atoms with E-state index < -0.39 is 0 Å². The van der Waals surface area contributed by atoms with Gasteiger partial charge in [-0.05, 0) is 31.0 Å². The molecule has 0 amide bonds. The van der Waals surface area contributed by atoms with Crippen LogP contribution in [0.15, 0.2) is 25.3 Å². The number of nitrogens with two attached hydrogens (primary N) is 1. The van der Waals surface area contributed by atoms with Gasteiger partial charge in [-0.25, -0.2) is 4.39 Å². The van der Waals surface area contributed by atoms with E-state index in [1.165, 1.54) is 6.07 Å². The summed E-state index contributed by atoms with van der Waals surface area (Å²) in [4.78, 5) is 0. The molecule has 0 spiro atoms. The van der Waals surface area contributed by atoms with Crippen LogP contribution in [0.2, 0.25) is 0 Å². The zero-order valence-electron chi connectivity index (χ0n) is 8.52. The first-order valence-corrected chi connectivity index (χ1v) is 4.34. The molecule has 0 aliphatic rings. The van der Waals surface area contributed by atoms with E-state index in [0.717, 1.165) is 16.7 Å². The molecule has 0 aliphatic heterocycles. The molecule has 0 heterocycles. The Labute approximate surface area is 83.7 Å². The molecule has 2 N–H and O–H groups in total. The van der Waals surface area contributed by atoms with E-state index in [2.05, 4.69) is 13.2 Å². The van der Waals surface area contributed by atoms with Crippen LogP contribution in [0.4, 0.5) is 4.39 Å². The second kappa shape index (κ2) is 3.66. The third-order valence-corrected chi connectivity index (χ3v) is 2.10. The average Bonchev–Trinajstić information content (AvgIpc) is 2.01. The van der Waals surface area contributed by atoms with Crippen molar-refractivity contribution >= 4 is 11.3 Å². The number of rotatable bonds is 2. The summed E-state index contributed by atoms with van der Waals surface area (Å²) in [5, 5.41) is 0. The van der Waals surface area contributed by atoms with E-state index in [1.807, 2.05) is 19.9 Å². The number of hydrogen-bond donors (Lipinski definition) is 1. The van der Waals surface area contributed by atoms with Crippen LogP contribution in [0.5, 0.6) is 0 Å². The van der Waals surface area contributed by atoms with Crippen molar-refractivity contribution in [3.8, 4) is 0 Å². The van der Waals surface area contributed by atoms with Crippen LogP contribution in [0.3, 0.4) is 0 Å². The number of allylic oxidation sites excluding steroid dienone is 1. The topological polar surface area (TPSA) is 26.0 Å². The first kappa shape index (κ1) is 10.5. The van der Waals surface area contributed by atoms with E-state index in [1.54, 1.807) is 0 Å². The van der Waals surface area contributed by atoms with E-state index in [9.17, 15) is 4.39 Å². The Kier molecular flexibility index (Phi) is 2.75. The Hall–Kier alpha value is -1.57. The Morgan fingerprint density at radius 1 is 1.36 bits per heavy atom. The number of halogens is 1. The summed E-state index contributed by atoms with van der Waals surface area (Å²) in [6.07, 6.45) is 0. The zero-order valence-corrected chi connectivity index (χ0v) is 8.52. The van der Waals surface area contributed by atoms with Gasteiger partial charge in [0.1, 0.15) is 5.82 Å². The fraction of sp³-hybridized carbons (Fsp3) is 0.167. The number of benzene rings is 1. The summed E-state index contributed by atoms with van der Waals surface area (Å²) in [5.41, 5.74) is 8.56. The molecule has 0 aromatic heterocycles. The lowest BCUT2D eigenvalue weighted by molar-refractivity contribution is 0.622. The SMILES string of the molecule is C=C(C)c1cc(C)c(C(=C)N)c(F)c1.